The highest BCUT2D eigenvalue weighted by Crippen LogP contribution is 2.24. The Bertz CT molecular complexity index is 1490. The van der Waals surface area contributed by atoms with Gasteiger partial charge in [-0.1, -0.05) is 43.1 Å². The molecule has 0 radical (unpaired) electrons. The average Bonchev–Trinajstić information content (AvgIpc) is 2.81. The van der Waals surface area contributed by atoms with E-state index >= 15 is 0 Å². The molecule has 0 aliphatic carbocycles. The molecule has 0 atom stereocenters. The molecule has 4 rings (SSSR count). The Kier molecular flexibility index (Phi) is 6.66. The fraction of sp³-hybridized carbons (Fsp3) is 0.103. The Balaban J connectivity index is 1.54. The summed E-state index contributed by atoms with van der Waals surface area (Å²) in [5, 5.41) is 0.177. The average molecular weight is 460 g/mol. The van der Waals surface area contributed by atoms with Crippen molar-refractivity contribution in [3.63, 3.8) is 0 Å². The summed E-state index contributed by atoms with van der Waals surface area (Å²) in [5.41, 5.74) is 2.02. The van der Waals surface area contributed by atoms with Gasteiger partial charge in [0, 0.05) is 22.1 Å². The van der Waals surface area contributed by atoms with Crippen LogP contribution in [0.1, 0.15) is 41.2 Å². The summed E-state index contributed by atoms with van der Waals surface area (Å²) in [6, 6.07) is 14.6. The van der Waals surface area contributed by atoms with E-state index in [4.69, 9.17) is 0 Å². The second-order valence-corrected chi connectivity index (χ2v) is 7.68. The van der Waals surface area contributed by atoms with Gasteiger partial charge in [0.05, 0.1) is 5.56 Å². The molecule has 4 aromatic rings. The first-order valence-electron chi connectivity index (χ1n) is 10.5. The van der Waals surface area contributed by atoms with Crippen molar-refractivity contribution in [3.05, 3.63) is 118 Å². The Morgan fingerprint density at radius 2 is 1.15 bits per heavy atom. The molecule has 34 heavy (non-hydrogen) atoms. The van der Waals surface area contributed by atoms with E-state index in [0.717, 1.165) is 12.5 Å². The zero-order chi connectivity index (χ0) is 24.2. The minimum absolute atomic E-state index is 0.0275. The van der Waals surface area contributed by atoms with Gasteiger partial charge in [-0.25, -0.2) is 22.0 Å². The van der Waals surface area contributed by atoms with Crippen LogP contribution in [0.15, 0.2) is 60.7 Å². The fourth-order valence-electron chi connectivity index (χ4n) is 3.48. The van der Waals surface area contributed by atoms with Crippen LogP contribution in [0.2, 0.25) is 0 Å². The van der Waals surface area contributed by atoms with Crippen LogP contribution in [0, 0.1) is 52.8 Å². The molecule has 0 saturated carbocycles. The second-order valence-electron chi connectivity index (χ2n) is 7.68. The molecule has 0 N–H and O–H groups in total. The lowest BCUT2D eigenvalue weighted by atomic mass is 10.1. The highest BCUT2D eigenvalue weighted by Gasteiger charge is 2.13. The highest BCUT2D eigenvalue weighted by molar-refractivity contribution is 5.84. The first-order chi connectivity index (χ1) is 16.4. The number of aryl methyl sites for hydroxylation is 1. The Morgan fingerprint density at radius 3 is 1.76 bits per heavy atom. The fourth-order valence-corrected chi connectivity index (χ4v) is 3.48. The molecule has 0 bridgehead atoms. The van der Waals surface area contributed by atoms with Crippen LogP contribution in [-0.4, -0.2) is 0 Å². The summed E-state index contributed by atoms with van der Waals surface area (Å²) < 4.78 is 69.1. The van der Waals surface area contributed by atoms with E-state index in [1.54, 1.807) is 24.3 Å². The number of hydrogen-bond acceptors (Lipinski definition) is 0. The van der Waals surface area contributed by atoms with Crippen molar-refractivity contribution in [2.45, 2.75) is 19.8 Å². The van der Waals surface area contributed by atoms with E-state index in [9.17, 15) is 22.0 Å². The molecule has 0 nitrogen and oxygen atoms in total. The van der Waals surface area contributed by atoms with Gasteiger partial charge in [0.15, 0.2) is 17.5 Å². The van der Waals surface area contributed by atoms with E-state index in [0.29, 0.717) is 28.7 Å². The molecular formula is C29H17F5. The molecule has 0 fully saturated rings. The van der Waals surface area contributed by atoms with Gasteiger partial charge in [0.25, 0.3) is 0 Å². The van der Waals surface area contributed by atoms with Gasteiger partial charge < -0.3 is 0 Å². The lowest BCUT2D eigenvalue weighted by Gasteiger charge is -2.03. The minimum Gasteiger partial charge on any atom is -0.206 e. The number of fused-ring (bicyclic) bond motifs is 1. The molecule has 168 valence electrons. The third kappa shape index (κ3) is 4.95. The maximum Gasteiger partial charge on any atom is 0.195 e. The molecule has 0 amide bonds. The smallest absolute Gasteiger partial charge is 0.195 e. The summed E-state index contributed by atoms with van der Waals surface area (Å²) in [5.74, 6) is 5.75. The van der Waals surface area contributed by atoms with Crippen molar-refractivity contribution in [2.24, 2.45) is 0 Å². The van der Waals surface area contributed by atoms with Gasteiger partial charge in [-0.15, -0.1) is 0 Å². The topological polar surface area (TPSA) is 0 Å². The summed E-state index contributed by atoms with van der Waals surface area (Å²) in [6.45, 7) is 1.93. The number of halogens is 5. The van der Waals surface area contributed by atoms with Crippen molar-refractivity contribution >= 4 is 10.8 Å². The van der Waals surface area contributed by atoms with Crippen LogP contribution < -0.4 is 0 Å². The molecule has 0 unspecified atom stereocenters. The van der Waals surface area contributed by atoms with Crippen molar-refractivity contribution in [3.8, 4) is 23.7 Å². The van der Waals surface area contributed by atoms with Crippen molar-refractivity contribution in [2.75, 3.05) is 0 Å². The van der Waals surface area contributed by atoms with Crippen molar-refractivity contribution in [1.29, 1.82) is 0 Å². The van der Waals surface area contributed by atoms with Crippen LogP contribution in [0.3, 0.4) is 0 Å². The molecule has 0 aliphatic heterocycles. The van der Waals surface area contributed by atoms with E-state index in [2.05, 4.69) is 23.7 Å². The van der Waals surface area contributed by atoms with Gasteiger partial charge in [0.1, 0.15) is 11.6 Å². The maximum absolute atomic E-state index is 14.2. The molecule has 5 heteroatoms. The number of hydrogen-bond donors (Lipinski definition) is 0. The number of benzene rings is 4. The van der Waals surface area contributed by atoms with Crippen LogP contribution in [-0.2, 0) is 6.42 Å². The molecule has 0 saturated heterocycles. The number of rotatable bonds is 2. The Morgan fingerprint density at radius 1 is 0.588 bits per heavy atom. The monoisotopic (exact) mass is 460 g/mol. The van der Waals surface area contributed by atoms with Crippen LogP contribution >= 0.6 is 0 Å². The van der Waals surface area contributed by atoms with Crippen molar-refractivity contribution in [1.82, 2.24) is 0 Å². The standard InChI is InChI=1S/C29H17F5/c1-2-3-21-15-25(30)24(26(31)16-21)13-10-19-6-4-18(5-7-19)8-9-20-11-12-23-22(14-20)17-27(32)29(34)28(23)33/h4-7,11-12,14-17H,2-3H2,1H3. The van der Waals surface area contributed by atoms with E-state index < -0.39 is 29.1 Å². The first-order valence-corrected chi connectivity index (χ1v) is 10.5. The van der Waals surface area contributed by atoms with Gasteiger partial charge in [-0.3, -0.25) is 0 Å². The van der Waals surface area contributed by atoms with Crippen LogP contribution in [0.25, 0.3) is 10.8 Å². The molecule has 0 aliphatic rings. The molecule has 0 aromatic heterocycles. The third-order valence-electron chi connectivity index (χ3n) is 5.18. The van der Waals surface area contributed by atoms with E-state index in [1.165, 1.54) is 30.3 Å². The largest absolute Gasteiger partial charge is 0.206 e. The van der Waals surface area contributed by atoms with Crippen molar-refractivity contribution < 1.29 is 22.0 Å². The van der Waals surface area contributed by atoms with Gasteiger partial charge in [-0.05, 0) is 72.0 Å². The predicted octanol–water partition coefficient (Wildman–Crippen LogP) is 7.29. The van der Waals surface area contributed by atoms with Crippen LogP contribution in [0.4, 0.5) is 22.0 Å². The summed E-state index contributed by atoms with van der Waals surface area (Å²) in [4.78, 5) is 0. The van der Waals surface area contributed by atoms with E-state index in [1.807, 2.05) is 6.92 Å². The summed E-state index contributed by atoms with van der Waals surface area (Å²) >= 11 is 0. The minimum atomic E-state index is -1.51. The SMILES string of the molecule is CCCc1cc(F)c(C#Cc2ccc(C#Cc3ccc4c(F)c(F)c(F)cc4c3)cc2)c(F)c1. The molecule has 0 heterocycles. The van der Waals surface area contributed by atoms with Gasteiger partial charge in [-0.2, -0.15) is 0 Å². The summed E-state index contributed by atoms with van der Waals surface area (Å²) in [7, 11) is 0. The quantitative estimate of drug-likeness (QED) is 0.167. The predicted molar refractivity (Wildman–Crippen MR) is 123 cm³/mol. The van der Waals surface area contributed by atoms with Crippen LogP contribution in [0.5, 0.6) is 0 Å². The highest BCUT2D eigenvalue weighted by atomic mass is 19.2. The van der Waals surface area contributed by atoms with Gasteiger partial charge in [0.2, 0.25) is 0 Å². The second kappa shape index (κ2) is 9.81. The Hall–Kier alpha value is -4.09. The van der Waals surface area contributed by atoms with Gasteiger partial charge >= 0.3 is 0 Å². The molecule has 4 aromatic carbocycles. The zero-order valence-electron chi connectivity index (χ0n) is 18.1. The lowest BCUT2D eigenvalue weighted by Crippen LogP contribution is -1.94. The Labute approximate surface area is 194 Å². The first kappa shape index (κ1) is 23.1. The molecule has 0 spiro atoms. The normalized spacial score (nSPS) is 10.4. The maximum atomic E-state index is 14.2. The molecular weight excluding hydrogens is 443 g/mol. The lowest BCUT2D eigenvalue weighted by molar-refractivity contribution is 0.453. The van der Waals surface area contributed by atoms with E-state index in [-0.39, 0.29) is 16.3 Å². The summed E-state index contributed by atoms with van der Waals surface area (Å²) in [6.07, 6.45) is 1.38. The third-order valence-corrected chi connectivity index (χ3v) is 5.18. The zero-order valence-corrected chi connectivity index (χ0v) is 18.1.